The van der Waals surface area contributed by atoms with E-state index in [0.717, 1.165) is 11.1 Å². The van der Waals surface area contributed by atoms with Crippen LogP contribution in [0, 0.1) is 0 Å². The second-order valence-corrected chi connectivity index (χ2v) is 9.06. The number of phenolic OH excluding ortho intramolecular Hbond substituents is 1. The standard InChI is InChI=1S/C26H33N5O6/c27-19(13-17-8-10-18(33)11-9-17)26(37)31-12-4-7-22(31)25(36)30-21(15-32)24(35)29-20(23(28)34)14-16-5-2-1-3-6-16/h1-3,5-6,8-11,19-22,32-33H,4,7,12-15,27H2,(H2,28,34)(H,29,35)(H,30,36). The first-order chi connectivity index (χ1) is 17.7. The Labute approximate surface area is 214 Å². The Balaban J connectivity index is 1.60. The molecule has 4 unspecified atom stereocenters. The fourth-order valence-electron chi connectivity index (χ4n) is 4.30. The van der Waals surface area contributed by atoms with Crippen molar-refractivity contribution in [2.24, 2.45) is 11.5 Å². The molecule has 0 spiro atoms. The lowest BCUT2D eigenvalue weighted by atomic mass is 10.0. The predicted octanol–water partition coefficient (Wildman–Crippen LogP) is -1.06. The molecule has 0 aromatic heterocycles. The molecule has 11 heteroatoms. The summed E-state index contributed by atoms with van der Waals surface area (Å²) >= 11 is 0. The van der Waals surface area contributed by atoms with Gasteiger partial charge in [0.05, 0.1) is 12.6 Å². The van der Waals surface area contributed by atoms with Gasteiger partial charge in [-0.05, 0) is 42.5 Å². The highest BCUT2D eigenvalue weighted by Gasteiger charge is 2.37. The Morgan fingerprint density at radius 2 is 1.59 bits per heavy atom. The van der Waals surface area contributed by atoms with Gasteiger partial charge in [0, 0.05) is 13.0 Å². The summed E-state index contributed by atoms with van der Waals surface area (Å²) in [6.45, 7) is -0.383. The van der Waals surface area contributed by atoms with Crippen molar-refractivity contribution in [3.63, 3.8) is 0 Å². The Hall–Kier alpha value is -3.96. The second-order valence-electron chi connectivity index (χ2n) is 9.06. The summed E-state index contributed by atoms with van der Waals surface area (Å²) in [7, 11) is 0. The van der Waals surface area contributed by atoms with Crippen molar-refractivity contribution in [3.8, 4) is 5.75 Å². The molecule has 2 aromatic rings. The van der Waals surface area contributed by atoms with Gasteiger partial charge in [0.1, 0.15) is 23.9 Å². The van der Waals surface area contributed by atoms with Crippen molar-refractivity contribution >= 4 is 23.6 Å². The first kappa shape index (κ1) is 27.6. The number of nitrogens with two attached hydrogens (primary N) is 2. The van der Waals surface area contributed by atoms with E-state index in [-0.39, 0.29) is 18.6 Å². The Kier molecular flexibility index (Phi) is 9.58. The summed E-state index contributed by atoms with van der Waals surface area (Å²) in [4.78, 5) is 52.1. The third kappa shape index (κ3) is 7.51. The van der Waals surface area contributed by atoms with Crippen molar-refractivity contribution in [2.45, 2.75) is 49.9 Å². The molecular weight excluding hydrogens is 478 g/mol. The molecule has 11 nitrogen and oxygen atoms in total. The third-order valence-electron chi connectivity index (χ3n) is 6.31. The molecule has 0 saturated carbocycles. The zero-order chi connectivity index (χ0) is 26.9. The largest absolute Gasteiger partial charge is 0.508 e. The molecule has 198 valence electrons. The summed E-state index contributed by atoms with van der Waals surface area (Å²) in [5.74, 6) is -2.43. The van der Waals surface area contributed by atoms with E-state index in [1.165, 1.54) is 17.0 Å². The number of hydrogen-bond acceptors (Lipinski definition) is 7. The summed E-state index contributed by atoms with van der Waals surface area (Å²) < 4.78 is 0. The van der Waals surface area contributed by atoms with E-state index in [2.05, 4.69) is 10.6 Å². The van der Waals surface area contributed by atoms with Crippen LogP contribution in [0.2, 0.25) is 0 Å². The number of likely N-dealkylation sites (tertiary alicyclic amines) is 1. The maximum absolute atomic E-state index is 13.0. The number of aliphatic hydroxyl groups excluding tert-OH is 1. The Morgan fingerprint density at radius 3 is 2.22 bits per heavy atom. The van der Waals surface area contributed by atoms with Crippen LogP contribution in [-0.2, 0) is 32.0 Å². The van der Waals surface area contributed by atoms with Gasteiger partial charge < -0.3 is 37.2 Å². The number of benzene rings is 2. The van der Waals surface area contributed by atoms with E-state index in [4.69, 9.17) is 11.5 Å². The minimum Gasteiger partial charge on any atom is -0.508 e. The molecule has 0 aliphatic carbocycles. The number of hydrogen-bond donors (Lipinski definition) is 6. The van der Waals surface area contributed by atoms with Gasteiger partial charge in [0.25, 0.3) is 0 Å². The van der Waals surface area contributed by atoms with Crippen LogP contribution in [0.4, 0.5) is 0 Å². The lowest BCUT2D eigenvalue weighted by Gasteiger charge is -2.28. The molecule has 4 amide bonds. The van der Waals surface area contributed by atoms with Crippen molar-refractivity contribution in [3.05, 3.63) is 65.7 Å². The van der Waals surface area contributed by atoms with Crippen LogP contribution in [0.1, 0.15) is 24.0 Å². The van der Waals surface area contributed by atoms with Gasteiger partial charge in [0.15, 0.2) is 0 Å². The third-order valence-corrected chi connectivity index (χ3v) is 6.31. The van der Waals surface area contributed by atoms with Gasteiger partial charge in [0.2, 0.25) is 23.6 Å². The molecule has 37 heavy (non-hydrogen) atoms. The van der Waals surface area contributed by atoms with Crippen molar-refractivity contribution < 1.29 is 29.4 Å². The monoisotopic (exact) mass is 511 g/mol. The van der Waals surface area contributed by atoms with E-state index in [0.29, 0.717) is 19.4 Å². The average molecular weight is 512 g/mol. The van der Waals surface area contributed by atoms with Gasteiger partial charge in [-0.25, -0.2) is 0 Å². The highest BCUT2D eigenvalue weighted by Crippen LogP contribution is 2.20. The molecule has 1 aliphatic heterocycles. The fourth-order valence-corrected chi connectivity index (χ4v) is 4.30. The van der Waals surface area contributed by atoms with Crippen LogP contribution in [0.5, 0.6) is 5.75 Å². The highest BCUT2D eigenvalue weighted by atomic mass is 16.3. The lowest BCUT2D eigenvalue weighted by Crippen LogP contribution is -2.58. The molecule has 3 rings (SSSR count). The highest BCUT2D eigenvalue weighted by molar-refractivity contribution is 5.95. The van der Waals surface area contributed by atoms with Gasteiger partial charge in [-0.3, -0.25) is 19.2 Å². The number of phenols is 1. The predicted molar refractivity (Wildman–Crippen MR) is 135 cm³/mol. The number of carbonyl (C=O) groups excluding carboxylic acids is 4. The fraction of sp³-hybridized carbons (Fsp3) is 0.385. The van der Waals surface area contributed by atoms with Crippen LogP contribution in [-0.4, -0.2) is 76.1 Å². The lowest BCUT2D eigenvalue weighted by molar-refractivity contribution is -0.140. The summed E-state index contributed by atoms with van der Waals surface area (Å²) in [6.07, 6.45) is 1.33. The molecular formula is C26H33N5O6. The number of aromatic hydroxyl groups is 1. The Morgan fingerprint density at radius 1 is 0.946 bits per heavy atom. The molecule has 0 radical (unpaired) electrons. The molecule has 2 aromatic carbocycles. The summed E-state index contributed by atoms with van der Waals surface area (Å²) in [6, 6.07) is 11.2. The van der Waals surface area contributed by atoms with Crippen molar-refractivity contribution in [1.82, 2.24) is 15.5 Å². The summed E-state index contributed by atoms with van der Waals surface area (Å²) in [5, 5.41) is 24.2. The van der Waals surface area contributed by atoms with Gasteiger partial charge in [-0.1, -0.05) is 42.5 Å². The van der Waals surface area contributed by atoms with E-state index in [1.54, 1.807) is 36.4 Å². The second kappa shape index (κ2) is 12.8. The number of carbonyl (C=O) groups is 4. The first-order valence-corrected chi connectivity index (χ1v) is 12.1. The molecule has 1 fully saturated rings. The Bertz CT molecular complexity index is 1090. The van der Waals surface area contributed by atoms with Crippen LogP contribution in [0.15, 0.2) is 54.6 Å². The molecule has 0 bridgehead atoms. The minimum absolute atomic E-state index is 0.101. The smallest absolute Gasteiger partial charge is 0.245 e. The number of aliphatic hydroxyl groups is 1. The van der Waals surface area contributed by atoms with Crippen molar-refractivity contribution in [2.75, 3.05) is 13.2 Å². The van der Waals surface area contributed by atoms with Crippen molar-refractivity contribution in [1.29, 1.82) is 0 Å². The number of amides is 4. The molecule has 8 N–H and O–H groups in total. The maximum atomic E-state index is 13.0. The number of nitrogens with zero attached hydrogens (tertiary/aromatic N) is 1. The topological polar surface area (TPSA) is 188 Å². The number of primary amides is 1. The quantitative estimate of drug-likeness (QED) is 0.222. The number of rotatable bonds is 11. The SMILES string of the molecule is NC(=O)C(Cc1ccccc1)NC(=O)C(CO)NC(=O)C1CCCN1C(=O)C(N)Cc1ccc(O)cc1. The van der Waals surface area contributed by atoms with Crippen LogP contribution in [0.3, 0.4) is 0 Å². The van der Waals surface area contributed by atoms with Gasteiger partial charge >= 0.3 is 0 Å². The normalized spacial score (nSPS) is 17.5. The maximum Gasteiger partial charge on any atom is 0.245 e. The minimum atomic E-state index is -1.34. The van der Waals surface area contributed by atoms with Gasteiger partial charge in [-0.15, -0.1) is 0 Å². The van der Waals surface area contributed by atoms with E-state index < -0.39 is 54.4 Å². The average Bonchev–Trinajstić information content (AvgIpc) is 3.38. The van der Waals surface area contributed by atoms with Crippen LogP contribution >= 0.6 is 0 Å². The van der Waals surface area contributed by atoms with E-state index in [9.17, 15) is 29.4 Å². The zero-order valence-corrected chi connectivity index (χ0v) is 20.4. The van der Waals surface area contributed by atoms with Crippen LogP contribution < -0.4 is 22.1 Å². The van der Waals surface area contributed by atoms with Gasteiger partial charge in [-0.2, -0.15) is 0 Å². The molecule has 1 aliphatic rings. The zero-order valence-electron chi connectivity index (χ0n) is 20.4. The molecule has 4 atom stereocenters. The number of nitrogens with one attached hydrogen (secondary N) is 2. The molecule has 1 saturated heterocycles. The first-order valence-electron chi connectivity index (χ1n) is 12.1. The van der Waals surface area contributed by atoms with E-state index >= 15 is 0 Å². The summed E-state index contributed by atoms with van der Waals surface area (Å²) in [5.41, 5.74) is 13.1. The van der Waals surface area contributed by atoms with E-state index in [1.807, 2.05) is 6.07 Å². The van der Waals surface area contributed by atoms with Crippen LogP contribution in [0.25, 0.3) is 0 Å². The molecule has 1 heterocycles.